The molecular weight excluding hydrogens is 1150 g/mol. The van der Waals surface area contributed by atoms with Crippen LogP contribution in [0.15, 0.2) is 112 Å². The predicted molar refractivity (Wildman–Crippen MR) is 254 cm³/mol. The summed E-state index contributed by atoms with van der Waals surface area (Å²) < 4.78 is 169. The van der Waals surface area contributed by atoms with Gasteiger partial charge in [0, 0.05) is 17.9 Å². The number of rotatable bonds is 26. The molecule has 0 aliphatic heterocycles. The van der Waals surface area contributed by atoms with Crippen molar-refractivity contribution < 1.29 is 93.4 Å². The van der Waals surface area contributed by atoms with Gasteiger partial charge in [-0.1, -0.05) is 10.1 Å². The van der Waals surface area contributed by atoms with Gasteiger partial charge in [-0.2, -0.15) is 40.2 Å². The maximum atomic E-state index is 12.8. The number of hydrogen-bond acceptors (Lipinski definition) is 31. The fourth-order valence-electron chi connectivity index (χ4n) is 5.66. The monoisotopic (exact) mass is 1180 g/mol. The zero-order valence-electron chi connectivity index (χ0n) is 36.1. The Kier molecular flexibility index (Phi) is 19.8. The molecule has 396 valence electrons. The molecule has 0 saturated heterocycles. The normalized spacial score (nSPS) is 12.8. The molecule has 0 bridgehead atoms. The Hall–Kier alpha value is -5.41. The largest absolute Gasteiger partial charge is 0.397 e. The summed E-state index contributed by atoms with van der Waals surface area (Å²) in [6, 6.07) is 12.2. The van der Waals surface area contributed by atoms with Gasteiger partial charge in [0.1, 0.15) is 32.5 Å². The molecule has 0 atom stereocenters. The number of azo groups is 2. The third kappa shape index (κ3) is 16.3. The van der Waals surface area contributed by atoms with Crippen molar-refractivity contribution in [1.29, 1.82) is 0 Å². The summed E-state index contributed by atoms with van der Waals surface area (Å²) in [4.78, 5) is 11.2. The third-order valence-corrected chi connectivity index (χ3v) is 15.7. The number of nitrogens with two attached hydrogens (primary N) is 2. The van der Waals surface area contributed by atoms with Crippen LogP contribution in [0.25, 0.3) is 0 Å². The molecule has 4 aromatic carbocycles. The molecule has 0 saturated carbocycles. The molecule has 0 radical (unpaired) electrons. The molecule has 5 rings (SSSR count). The van der Waals surface area contributed by atoms with Crippen LogP contribution in [0.5, 0.6) is 0 Å². The summed E-state index contributed by atoms with van der Waals surface area (Å²) in [6.07, 6.45) is 0. The lowest BCUT2D eigenvalue weighted by Crippen LogP contribution is -2.20. The van der Waals surface area contributed by atoms with Crippen LogP contribution in [0.3, 0.4) is 0 Å². The first-order chi connectivity index (χ1) is 34.2. The highest BCUT2D eigenvalue weighted by Gasteiger charge is 2.26. The molecule has 32 nitrogen and oxygen atoms in total. The van der Waals surface area contributed by atoms with Crippen LogP contribution < -0.4 is 21.7 Å². The molecule has 0 unspecified atom stereocenters. The van der Waals surface area contributed by atoms with Crippen molar-refractivity contribution in [2.24, 2.45) is 20.5 Å². The molecule has 0 spiro atoms. The van der Waals surface area contributed by atoms with Crippen LogP contribution in [0.4, 0.5) is 57.4 Å². The predicted octanol–water partition coefficient (Wildman–Crippen LogP) is 5.71. The lowest BCUT2D eigenvalue weighted by molar-refractivity contribution is -0.434. The van der Waals surface area contributed by atoms with Crippen molar-refractivity contribution in [3.05, 3.63) is 72.0 Å². The number of anilines is 6. The van der Waals surface area contributed by atoms with Crippen LogP contribution in [0.1, 0.15) is 6.92 Å². The second-order valence-electron chi connectivity index (χ2n) is 13.5. The van der Waals surface area contributed by atoms with Crippen LogP contribution in [0.2, 0.25) is 5.28 Å². The average Bonchev–Trinajstić information content (AvgIpc) is 3.30. The SMILES string of the molecule is CCN(c1ccc(S(=O)(=O)CCOSOOO)cc1)c1nc(Cl)nc(Nc2ccc(SOOO)c(/N=N/c3c(N)c(/N=N/c4ccc(S(=O)(=O)CCOS(=O)(=O)O)cc4S(=O)(=O)O)cc(S(=O)(=O)O)c3N)c2)n1. The van der Waals surface area contributed by atoms with Crippen LogP contribution >= 0.6 is 36.0 Å². The zero-order valence-corrected chi connectivity index (χ0v) is 42.6. The van der Waals surface area contributed by atoms with Gasteiger partial charge < -0.3 is 21.7 Å². The van der Waals surface area contributed by atoms with E-state index < -0.39 is 112 Å². The van der Waals surface area contributed by atoms with Gasteiger partial charge in [0.2, 0.25) is 17.2 Å². The highest BCUT2D eigenvalue weighted by molar-refractivity contribution is 7.94. The fraction of sp³-hybridized carbons (Fsp3) is 0.182. The van der Waals surface area contributed by atoms with E-state index in [2.05, 4.69) is 63.7 Å². The maximum absolute atomic E-state index is 12.8. The first-order valence-electron chi connectivity index (χ1n) is 19.0. The van der Waals surface area contributed by atoms with Gasteiger partial charge in [0.05, 0.1) is 62.8 Å². The Morgan fingerprint density at radius 1 is 0.685 bits per heavy atom. The summed E-state index contributed by atoms with van der Waals surface area (Å²) in [5.74, 6) is -1.69. The molecular formula is C33H34ClN11O21S7. The number of nitrogens with zero attached hydrogens (tertiary/aromatic N) is 8. The van der Waals surface area contributed by atoms with Gasteiger partial charge in [-0.3, -0.25) is 17.8 Å². The molecule has 73 heavy (non-hydrogen) atoms. The standard InChI is InChI=1S/C33H34ClN11O21S7/c1-2-45(19-4-6-20(7-5-19)69(48,49)13-11-61-68-66-64-47)33-39-31(34)38-32(40-33)37-18-3-10-25(67-65-63-46)23(15-18)42-44-30-28(35)24(17-27(29(30)36)72(55,56)57)43-41-22-9-8-21(16-26(22)71(52,53)54)70(50,51)14-12-62-73(58,59)60/h3-10,15-17,46-47H,2,11-14,35-36H2,1H3,(H,52,53,54)(H,55,56,57)(H,58,59,60)(H,37,38,39,40)/b43-41+,44-42+. The Balaban J connectivity index is 1.48. The van der Waals surface area contributed by atoms with Crippen LogP contribution in [-0.4, -0.2) is 112 Å². The molecule has 0 amide bonds. The van der Waals surface area contributed by atoms with Gasteiger partial charge in [-0.05, 0) is 85.3 Å². The van der Waals surface area contributed by atoms with Gasteiger partial charge in [-0.25, -0.2) is 31.5 Å². The number of nitrogens with one attached hydrogen (secondary N) is 1. The fourth-order valence-corrected chi connectivity index (χ4v) is 10.5. The van der Waals surface area contributed by atoms with Crippen molar-refractivity contribution in [1.82, 2.24) is 15.0 Å². The number of sulfone groups is 2. The Morgan fingerprint density at radius 3 is 1.93 bits per heavy atom. The summed E-state index contributed by atoms with van der Waals surface area (Å²) in [5.41, 5.74) is 9.19. The topological polar surface area (TPSA) is 483 Å². The number of halogens is 1. The van der Waals surface area contributed by atoms with Gasteiger partial charge >= 0.3 is 10.4 Å². The molecule has 1 heterocycles. The minimum Gasteiger partial charge on any atom is -0.396 e. The molecule has 5 aromatic rings. The molecule has 10 N–H and O–H groups in total. The van der Waals surface area contributed by atoms with Crippen LogP contribution in [0, 0.1) is 0 Å². The van der Waals surface area contributed by atoms with E-state index in [9.17, 15) is 51.2 Å². The average molecular weight is 1180 g/mol. The molecule has 1 aromatic heterocycles. The highest BCUT2D eigenvalue weighted by atomic mass is 35.5. The van der Waals surface area contributed by atoms with E-state index in [-0.39, 0.29) is 63.8 Å². The first kappa shape index (κ1) is 58.5. The number of hydrogen-bond donors (Lipinski definition) is 8. The lowest BCUT2D eigenvalue weighted by Gasteiger charge is -2.21. The van der Waals surface area contributed by atoms with E-state index in [1.807, 2.05) is 0 Å². The second-order valence-corrected chi connectivity index (χ2v) is 23.1. The second kappa shape index (κ2) is 24.7. The van der Waals surface area contributed by atoms with Crippen molar-refractivity contribution in [3.63, 3.8) is 0 Å². The van der Waals surface area contributed by atoms with E-state index in [0.29, 0.717) is 29.9 Å². The Morgan fingerprint density at radius 2 is 1.30 bits per heavy atom. The van der Waals surface area contributed by atoms with Crippen molar-refractivity contribution in [2.75, 3.05) is 52.9 Å². The van der Waals surface area contributed by atoms with E-state index in [1.165, 1.54) is 42.5 Å². The zero-order chi connectivity index (χ0) is 53.9. The quantitative estimate of drug-likeness (QED) is 0.00625. The first-order valence-corrected chi connectivity index (χ1v) is 28.3. The Bertz CT molecular complexity index is 3470. The summed E-state index contributed by atoms with van der Waals surface area (Å²) in [5, 5.41) is 42.1. The minimum absolute atomic E-state index is 0.00321. The molecule has 0 fully saturated rings. The van der Waals surface area contributed by atoms with E-state index in [1.54, 1.807) is 11.8 Å². The number of benzene rings is 4. The minimum atomic E-state index is -5.32. The summed E-state index contributed by atoms with van der Waals surface area (Å²) >= 11 is 6.90. The third-order valence-electron chi connectivity index (χ3n) is 8.85. The van der Waals surface area contributed by atoms with Crippen molar-refractivity contribution in [3.8, 4) is 0 Å². The van der Waals surface area contributed by atoms with Crippen LogP contribution in [-0.2, 0) is 77.4 Å². The van der Waals surface area contributed by atoms with Gasteiger partial charge in [0.15, 0.2) is 32.0 Å². The molecule has 0 aliphatic rings. The van der Waals surface area contributed by atoms with E-state index in [4.69, 9.17) is 42.3 Å². The van der Waals surface area contributed by atoms with Crippen molar-refractivity contribution >= 4 is 144 Å². The van der Waals surface area contributed by atoms with E-state index >= 15 is 0 Å². The van der Waals surface area contributed by atoms with Gasteiger partial charge in [0.25, 0.3) is 20.2 Å². The maximum Gasteiger partial charge on any atom is 0.397 e. The number of nitrogen functional groups attached to an aromatic ring is 2. The summed E-state index contributed by atoms with van der Waals surface area (Å²) in [6.45, 7) is 0.577. The summed E-state index contributed by atoms with van der Waals surface area (Å²) in [7, 11) is -24.0. The van der Waals surface area contributed by atoms with Crippen molar-refractivity contribution in [2.45, 2.75) is 31.4 Å². The Labute approximate surface area is 426 Å². The molecule has 40 heteroatoms. The van der Waals surface area contributed by atoms with Gasteiger partial charge in [-0.15, -0.1) is 29.1 Å². The smallest absolute Gasteiger partial charge is 0.396 e. The number of aromatic nitrogens is 3. The highest BCUT2D eigenvalue weighted by Crippen LogP contribution is 2.44. The van der Waals surface area contributed by atoms with E-state index in [0.717, 1.165) is 12.1 Å². The lowest BCUT2D eigenvalue weighted by atomic mass is 10.2. The molecule has 0 aliphatic carbocycles.